The monoisotopic (exact) mass is 469 g/mol. The number of nitrogens with one attached hydrogen (secondary N) is 1. The Balaban J connectivity index is 1.68. The average molecular weight is 469 g/mol. The van der Waals surface area contributed by atoms with E-state index in [-0.39, 0.29) is 17.0 Å². The van der Waals surface area contributed by atoms with Crippen LogP contribution in [-0.4, -0.2) is 21.0 Å². The summed E-state index contributed by atoms with van der Waals surface area (Å²) in [6.07, 6.45) is 0. The first-order valence-electron chi connectivity index (χ1n) is 11.1. The number of para-hydroxylation sites is 1. The molecule has 2 N–H and O–H groups in total. The number of carboxylic acids is 1. The standard InChI is InChI=1S/C27H23N3O5/c1-13-11-18(15(3)28-20-8-6-5-7-17(20)27(32)33)25-19(12-13)23(31)14(2)24(35-25)21-9-10-22-26(30-21)34-16(4)29-22/h5-12,15,28H,1-4H3,(H,32,33)/t15-/m1/s1. The van der Waals surface area contributed by atoms with Crippen LogP contribution in [0.1, 0.15) is 45.9 Å². The quantitative estimate of drug-likeness (QED) is 0.332. The first kappa shape index (κ1) is 22.3. The second-order valence-corrected chi connectivity index (χ2v) is 8.59. The zero-order valence-corrected chi connectivity index (χ0v) is 19.7. The van der Waals surface area contributed by atoms with Crippen LogP contribution >= 0.6 is 0 Å². The minimum Gasteiger partial charge on any atom is -0.478 e. The van der Waals surface area contributed by atoms with Gasteiger partial charge in [-0.1, -0.05) is 18.2 Å². The summed E-state index contributed by atoms with van der Waals surface area (Å²) >= 11 is 0. The third-order valence-corrected chi connectivity index (χ3v) is 5.98. The van der Waals surface area contributed by atoms with E-state index in [2.05, 4.69) is 15.3 Å². The van der Waals surface area contributed by atoms with Crippen molar-refractivity contribution in [3.8, 4) is 11.5 Å². The fourth-order valence-corrected chi connectivity index (χ4v) is 4.29. The van der Waals surface area contributed by atoms with Crippen molar-refractivity contribution in [2.24, 2.45) is 0 Å². The van der Waals surface area contributed by atoms with Crippen molar-refractivity contribution in [2.45, 2.75) is 33.7 Å². The number of rotatable bonds is 5. The number of carboxylic acid groups (broad SMARTS) is 1. The van der Waals surface area contributed by atoms with Gasteiger partial charge in [0, 0.05) is 23.7 Å². The molecule has 5 rings (SSSR count). The third-order valence-electron chi connectivity index (χ3n) is 5.98. The molecule has 1 atom stereocenters. The normalized spacial score (nSPS) is 12.2. The van der Waals surface area contributed by atoms with E-state index >= 15 is 0 Å². The number of nitrogens with zero attached hydrogens (tertiary/aromatic N) is 2. The van der Waals surface area contributed by atoms with E-state index in [1.54, 1.807) is 56.3 Å². The third kappa shape index (κ3) is 3.93. The van der Waals surface area contributed by atoms with E-state index in [9.17, 15) is 14.7 Å². The van der Waals surface area contributed by atoms with Gasteiger partial charge in [-0.3, -0.25) is 4.79 Å². The van der Waals surface area contributed by atoms with Gasteiger partial charge in [0.15, 0.2) is 17.1 Å². The number of fused-ring (bicyclic) bond motifs is 2. The summed E-state index contributed by atoms with van der Waals surface area (Å²) in [5, 5.41) is 13.3. The largest absolute Gasteiger partial charge is 0.478 e. The van der Waals surface area contributed by atoms with Gasteiger partial charge in [-0.05, 0) is 56.7 Å². The molecule has 0 aliphatic rings. The first-order valence-corrected chi connectivity index (χ1v) is 11.1. The minimum atomic E-state index is -1.03. The van der Waals surface area contributed by atoms with Crippen LogP contribution in [0.5, 0.6) is 0 Å². The number of aryl methyl sites for hydroxylation is 2. The Kier molecular flexibility index (Phi) is 5.36. The molecule has 0 saturated carbocycles. The van der Waals surface area contributed by atoms with Crippen molar-refractivity contribution in [2.75, 3.05) is 5.32 Å². The number of hydrogen-bond acceptors (Lipinski definition) is 7. The van der Waals surface area contributed by atoms with Crippen LogP contribution < -0.4 is 10.7 Å². The van der Waals surface area contributed by atoms with Gasteiger partial charge in [-0.15, -0.1) is 0 Å². The van der Waals surface area contributed by atoms with Crippen molar-refractivity contribution in [1.82, 2.24) is 9.97 Å². The van der Waals surface area contributed by atoms with E-state index in [0.717, 1.165) is 11.1 Å². The number of anilines is 1. The van der Waals surface area contributed by atoms with Gasteiger partial charge < -0.3 is 19.3 Å². The van der Waals surface area contributed by atoms with Crippen LogP contribution in [0.25, 0.3) is 33.7 Å². The van der Waals surface area contributed by atoms with Gasteiger partial charge in [0.1, 0.15) is 16.8 Å². The SMILES string of the molecule is Cc1cc([C@@H](C)Nc2ccccc2C(=O)O)c2oc(-c3ccc4nc(C)oc4n3)c(C)c(=O)c2c1. The van der Waals surface area contributed by atoms with E-state index in [1.807, 2.05) is 19.9 Å². The van der Waals surface area contributed by atoms with Crippen LogP contribution in [0.15, 0.2) is 62.2 Å². The van der Waals surface area contributed by atoms with Crippen LogP contribution in [0.4, 0.5) is 5.69 Å². The molecule has 8 nitrogen and oxygen atoms in total. The number of hydrogen-bond donors (Lipinski definition) is 2. The van der Waals surface area contributed by atoms with Gasteiger partial charge in [-0.25, -0.2) is 14.8 Å². The highest BCUT2D eigenvalue weighted by molar-refractivity contribution is 5.94. The number of aromatic nitrogens is 2. The molecule has 176 valence electrons. The topological polar surface area (TPSA) is 118 Å². The minimum absolute atomic E-state index is 0.153. The molecule has 2 aromatic carbocycles. The Morgan fingerprint density at radius 1 is 1.03 bits per heavy atom. The predicted octanol–water partition coefficient (Wildman–Crippen LogP) is 5.79. The highest BCUT2D eigenvalue weighted by atomic mass is 16.4. The van der Waals surface area contributed by atoms with Crippen LogP contribution in [0, 0.1) is 20.8 Å². The first-order chi connectivity index (χ1) is 16.7. The molecular formula is C27H23N3O5. The number of oxazole rings is 1. The molecule has 0 radical (unpaired) electrons. The zero-order valence-electron chi connectivity index (χ0n) is 19.7. The smallest absolute Gasteiger partial charge is 0.337 e. The molecule has 0 saturated heterocycles. The van der Waals surface area contributed by atoms with Crippen molar-refractivity contribution in [3.05, 3.63) is 86.9 Å². The van der Waals surface area contributed by atoms with Gasteiger partial charge in [0.2, 0.25) is 5.71 Å². The Bertz CT molecular complexity index is 1680. The van der Waals surface area contributed by atoms with E-state index in [1.165, 1.54) is 0 Å². The fourth-order valence-electron chi connectivity index (χ4n) is 4.29. The summed E-state index contributed by atoms with van der Waals surface area (Å²) in [6.45, 7) is 7.26. The summed E-state index contributed by atoms with van der Waals surface area (Å²) in [5.74, 6) is -0.176. The molecule has 0 fully saturated rings. The lowest BCUT2D eigenvalue weighted by Gasteiger charge is -2.19. The van der Waals surface area contributed by atoms with Gasteiger partial charge in [0.25, 0.3) is 0 Å². The second kappa shape index (κ2) is 8.39. The average Bonchev–Trinajstić information content (AvgIpc) is 3.20. The summed E-state index contributed by atoms with van der Waals surface area (Å²) < 4.78 is 11.9. The Labute approximate surface area is 200 Å². The number of aromatic carboxylic acids is 1. The van der Waals surface area contributed by atoms with Crippen LogP contribution in [0.3, 0.4) is 0 Å². The number of benzene rings is 2. The summed E-state index contributed by atoms with van der Waals surface area (Å²) in [6, 6.07) is 13.6. The summed E-state index contributed by atoms with van der Waals surface area (Å²) in [5.41, 5.74) is 4.43. The predicted molar refractivity (Wildman–Crippen MR) is 133 cm³/mol. The highest BCUT2D eigenvalue weighted by Crippen LogP contribution is 2.32. The van der Waals surface area contributed by atoms with Crippen molar-refractivity contribution in [3.63, 3.8) is 0 Å². The molecule has 0 amide bonds. The van der Waals surface area contributed by atoms with Gasteiger partial charge in [0.05, 0.1) is 17.0 Å². The maximum atomic E-state index is 13.4. The van der Waals surface area contributed by atoms with Crippen molar-refractivity contribution in [1.29, 1.82) is 0 Å². The highest BCUT2D eigenvalue weighted by Gasteiger charge is 2.21. The summed E-state index contributed by atoms with van der Waals surface area (Å²) in [4.78, 5) is 33.9. The van der Waals surface area contributed by atoms with Crippen molar-refractivity contribution < 1.29 is 18.7 Å². The molecule has 0 spiro atoms. The molecule has 3 heterocycles. The molecule has 0 aliphatic heterocycles. The molecule has 3 aromatic heterocycles. The van der Waals surface area contributed by atoms with Crippen molar-refractivity contribution >= 4 is 33.9 Å². The fraction of sp³-hybridized carbons (Fsp3) is 0.185. The van der Waals surface area contributed by atoms with E-state index < -0.39 is 5.97 Å². The van der Waals surface area contributed by atoms with Gasteiger partial charge in [-0.2, -0.15) is 0 Å². The molecule has 5 aromatic rings. The molecule has 0 bridgehead atoms. The lowest BCUT2D eigenvalue weighted by Crippen LogP contribution is -2.14. The maximum absolute atomic E-state index is 13.4. The van der Waals surface area contributed by atoms with Gasteiger partial charge >= 0.3 is 5.97 Å². The Hall–Kier alpha value is -4.46. The lowest BCUT2D eigenvalue weighted by molar-refractivity contribution is 0.0698. The molecule has 8 heteroatoms. The molecular weight excluding hydrogens is 446 g/mol. The van der Waals surface area contributed by atoms with Crippen LogP contribution in [0.2, 0.25) is 0 Å². The van der Waals surface area contributed by atoms with E-state index in [4.69, 9.17) is 8.83 Å². The zero-order chi connectivity index (χ0) is 24.9. The second-order valence-electron chi connectivity index (χ2n) is 8.59. The van der Waals surface area contributed by atoms with E-state index in [0.29, 0.717) is 50.8 Å². The molecule has 0 unspecified atom stereocenters. The maximum Gasteiger partial charge on any atom is 0.337 e. The number of carbonyl (C=O) groups is 1. The lowest BCUT2D eigenvalue weighted by atomic mass is 9.99. The molecule has 35 heavy (non-hydrogen) atoms. The number of pyridine rings is 1. The Morgan fingerprint density at radius 3 is 2.57 bits per heavy atom. The summed E-state index contributed by atoms with van der Waals surface area (Å²) in [7, 11) is 0. The van der Waals surface area contributed by atoms with Crippen LogP contribution in [-0.2, 0) is 0 Å². The Morgan fingerprint density at radius 2 is 1.80 bits per heavy atom. The molecule has 0 aliphatic carbocycles.